The summed E-state index contributed by atoms with van der Waals surface area (Å²) in [7, 11) is 1.83. The maximum atomic E-state index is 12.6. The van der Waals surface area contributed by atoms with Gasteiger partial charge in [-0.05, 0) is 36.4 Å². The van der Waals surface area contributed by atoms with Gasteiger partial charge in [0.1, 0.15) is 11.4 Å². The van der Waals surface area contributed by atoms with Crippen molar-refractivity contribution in [2.75, 3.05) is 5.32 Å². The summed E-state index contributed by atoms with van der Waals surface area (Å²) < 4.78 is 1.69. The summed E-state index contributed by atoms with van der Waals surface area (Å²) in [4.78, 5) is 26.2. The number of hydrogen-bond acceptors (Lipinski definition) is 5. The number of fused-ring (bicyclic) bond motifs is 1. The number of pyridine rings is 1. The zero-order valence-corrected chi connectivity index (χ0v) is 17.8. The minimum atomic E-state index is -0.264. The van der Waals surface area contributed by atoms with Gasteiger partial charge in [-0.2, -0.15) is 5.10 Å². The Bertz CT molecular complexity index is 1450. The van der Waals surface area contributed by atoms with Crippen LogP contribution in [0, 0.1) is 0 Å². The molecule has 1 amide bonds. The average Bonchev–Trinajstić information content (AvgIpc) is 3.26. The predicted octanol–water partition coefficient (Wildman–Crippen LogP) is 5.00. The molecular formula is C24H17ClN6O. The number of aromatic nitrogens is 5. The van der Waals surface area contributed by atoms with Gasteiger partial charge in [0.15, 0.2) is 5.82 Å². The molecule has 8 heteroatoms. The lowest BCUT2D eigenvalue weighted by atomic mass is 10.0. The van der Waals surface area contributed by atoms with Gasteiger partial charge in [0.25, 0.3) is 5.91 Å². The van der Waals surface area contributed by atoms with Gasteiger partial charge in [-0.25, -0.2) is 4.98 Å². The van der Waals surface area contributed by atoms with E-state index in [1.54, 1.807) is 35.1 Å². The van der Waals surface area contributed by atoms with Crippen molar-refractivity contribution in [3.05, 3.63) is 89.8 Å². The molecule has 0 saturated carbocycles. The zero-order valence-electron chi connectivity index (χ0n) is 17.0. The third-order valence-corrected chi connectivity index (χ3v) is 5.23. The quantitative estimate of drug-likeness (QED) is 0.425. The van der Waals surface area contributed by atoms with E-state index in [9.17, 15) is 4.79 Å². The number of nitrogens with one attached hydrogen (secondary N) is 1. The molecule has 0 spiro atoms. The SMILES string of the molecule is Cn1ccc(-c2nc(NC(=O)c3ccccc3)cnc2-c2cc(Cl)c3ncccc3c2)n1. The predicted molar refractivity (Wildman–Crippen MR) is 124 cm³/mol. The van der Waals surface area contributed by atoms with Crippen LogP contribution < -0.4 is 5.32 Å². The first-order chi connectivity index (χ1) is 15.6. The first-order valence-electron chi connectivity index (χ1n) is 9.86. The standard InChI is InChI=1S/C24H17ClN6O/c1-31-11-9-19(30-31)23-22(17-12-16-8-5-10-26-21(16)18(25)13-17)27-14-20(28-23)29-24(32)15-6-3-2-4-7-15/h2-14H,1H3,(H,28,29,32). The van der Waals surface area contributed by atoms with Crippen molar-refractivity contribution in [1.82, 2.24) is 24.7 Å². The molecule has 0 aliphatic heterocycles. The number of halogens is 1. The second kappa shape index (κ2) is 8.20. The van der Waals surface area contributed by atoms with Crippen LogP contribution in [0.3, 0.4) is 0 Å². The molecule has 0 aliphatic carbocycles. The third kappa shape index (κ3) is 3.81. The molecule has 5 aromatic rings. The minimum Gasteiger partial charge on any atom is -0.305 e. The van der Waals surface area contributed by atoms with Crippen LogP contribution in [-0.2, 0) is 7.05 Å². The fourth-order valence-corrected chi connectivity index (χ4v) is 3.72. The van der Waals surface area contributed by atoms with Crippen molar-refractivity contribution in [2.24, 2.45) is 7.05 Å². The number of anilines is 1. The lowest BCUT2D eigenvalue weighted by Gasteiger charge is -2.11. The summed E-state index contributed by atoms with van der Waals surface area (Å²) in [6.07, 6.45) is 5.06. The first kappa shape index (κ1) is 19.8. The summed E-state index contributed by atoms with van der Waals surface area (Å²) >= 11 is 6.50. The number of hydrogen-bond donors (Lipinski definition) is 1. The summed E-state index contributed by atoms with van der Waals surface area (Å²) in [5.74, 6) is 0.0660. The summed E-state index contributed by atoms with van der Waals surface area (Å²) in [5.41, 5.74) is 3.81. The summed E-state index contributed by atoms with van der Waals surface area (Å²) in [5, 5.41) is 8.71. The molecule has 0 aliphatic rings. The van der Waals surface area contributed by atoms with E-state index in [1.807, 2.05) is 49.6 Å². The second-order valence-electron chi connectivity index (χ2n) is 7.18. The molecule has 2 aromatic carbocycles. The van der Waals surface area contributed by atoms with Gasteiger partial charge in [-0.3, -0.25) is 19.4 Å². The van der Waals surface area contributed by atoms with E-state index in [0.29, 0.717) is 33.5 Å². The maximum absolute atomic E-state index is 12.6. The fraction of sp³-hybridized carbons (Fsp3) is 0.0417. The Morgan fingerprint density at radius 3 is 2.62 bits per heavy atom. The van der Waals surface area contributed by atoms with Crippen LogP contribution in [0.5, 0.6) is 0 Å². The molecule has 3 aromatic heterocycles. The summed E-state index contributed by atoms with van der Waals surface area (Å²) in [6.45, 7) is 0. The molecule has 156 valence electrons. The molecule has 3 heterocycles. The Morgan fingerprint density at radius 2 is 1.84 bits per heavy atom. The van der Waals surface area contributed by atoms with Crippen molar-refractivity contribution in [3.63, 3.8) is 0 Å². The normalized spacial score (nSPS) is 10.9. The number of nitrogens with zero attached hydrogens (tertiary/aromatic N) is 5. The zero-order chi connectivity index (χ0) is 22.1. The van der Waals surface area contributed by atoms with Crippen LogP contribution in [0.25, 0.3) is 33.5 Å². The lowest BCUT2D eigenvalue weighted by molar-refractivity contribution is 0.102. The number of rotatable bonds is 4. The highest BCUT2D eigenvalue weighted by atomic mass is 35.5. The van der Waals surface area contributed by atoms with E-state index in [2.05, 4.69) is 25.4 Å². The third-order valence-electron chi connectivity index (χ3n) is 4.94. The first-order valence-corrected chi connectivity index (χ1v) is 10.2. The molecule has 0 bridgehead atoms. The molecule has 0 saturated heterocycles. The van der Waals surface area contributed by atoms with Gasteiger partial charge in [0, 0.05) is 36.0 Å². The van der Waals surface area contributed by atoms with E-state index >= 15 is 0 Å². The summed E-state index contributed by atoms with van der Waals surface area (Å²) in [6, 6.07) is 18.4. The molecule has 1 N–H and O–H groups in total. The smallest absolute Gasteiger partial charge is 0.256 e. The van der Waals surface area contributed by atoms with Gasteiger partial charge >= 0.3 is 0 Å². The van der Waals surface area contributed by atoms with Crippen molar-refractivity contribution < 1.29 is 4.79 Å². The maximum Gasteiger partial charge on any atom is 0.256 e. The minimum absolute atomic E-state index is 0.264. The van der Waals surface area contributed by atoms with E-state index in [1.165, 1.54) is 6.20 Å². The van der Waals surface area contributed by atoms with Gasteiger partial charge in [0.05, 0.1) is 22.4 Å². The van der Waals surface area contributed by atoms with Crippen molar-refractivity contribution in [1.29, 1.82) is 0 Å². The molecule has 0 radical (unpaired) electrons. The molecule has 5 rings (SSSR count). The number of aryl methyl sites for hydroxylation is 1. The van der Waals surface area contributed by atoms with Crippen LogP contribution >= 0.6 is 11.6 Å². The molecule has 0 atom stereocenters. The Labute approximate surface area is 188 Å². The van der Waals surface area contributed by atoms with Gasteiger partial charge in [-0.1, -0.05) is 35.9 Å². The highest BCUT2D eigenvalue weighted by molar-refractivity contribution is 6.35. The molecule has 7 nitrogen and oxygen atoms in total. The Morgan fingerprint density at radius 1 is 1.00 bits per heavy atom. The van der Waals surface area contributed by atoms with E-state index in [0.717, 1.165) is 16.5 Å². The lowest BCUT2D eigenvalue weighted by Crippen LogP contribution is -2.13. The highest BCUT2D eigenvalue weighted by Gasteiger charge is 2.17. The highest BCUT2D eigenvalue weighted by Crippen LogP contribution is 2.33. The largest absolute Gasteiger partial charge is 0.305 e. The number of carbonyl (C=O) groups excluding carboxylic acids is 1. The Kier molecular flexibility index (Phi) is 5.09. The van der Waals surface area contributed by atoms with E-state index < -0.39 is 0 Å². The van der Waals surface area contributed by atoms with Crippen LogP contribution in [0.1, 0.15) is 10.4 Å². The molecular weight excluding hydrogens is 424 g/mol. The van der Waals surface area contributed by atoms with Crippen LogP contribution in [0.15, 0.2) is 79.3 Å². The monoisotopic (exact) mass is 440 g/mol. The Balaban J connectivity index is 1.61. The van der Waals surface area contributed by atoms with Crippen molar-refractivity contribution >= 4 is 34.2 Å². The average molecular weight is 441 g/mol. The number of amides is 1. The fourth-order valence-electron chi connectivity index (χ4n) is 3.44. The molecule has 0 unspecified atom stereocenters. The van der Waals surface area contributed by atoms with Gasteiger partial charge in [0.2, 0.25) is 0 Å². The number of carbonyl (C=O) groups is 1. The van der Waals surface area contributed by atoms with Gasteiger partial charge < -0.3 is 5.32 Å². The van der Waals surface area contributed by atoms with E-state index in [4.69, 9.17) is 11.6 Å². The Hall–Kier alpha value is -4.10. The topological polar surface area (TPSA) is 85.6 Å². The molecule has 32 heavy (non-hydrogen) atoms. The van der Waals surface area contributed by atoms with Crippen molar-refractivity contribution in [2.45, 2.75) is 0 Å². The number of benzene rings is 2. The van der Waals surface area contributed by atoms with Gasteiger partial charge in [-0.15, -0.1) is 0 Å². The van der Waals surface area contributed by atoms with Crippen LogP contribution in [0.2, 0.25) is 5.02 Å². The van der Waals surface area contributed by atoms with E-state index in [-0.39, 0.29) is 5.91 Å². The van der Waals surface area contributed by atoms with Crippen LogP contribution in [0.4, 0.5) is 5.82 Å². The second-order valence-corrected chi connectivity index (χ2v) is 7.59. The van der Waals surface area contributed by atoms with Crippen LogP contribution in [-0.4, -0.2) is 30.6 Å². The molecule has 0 fully saturated rings. The van der Waals surface area contributed by atoms with Crippen molar-refractivity contribution in [3.8, 4) is 22.6 Å².